The first-order valence-electron chi connectivity index (χ1n) is 12.4. The van der Waals surface area contributed by atoms with Crippen molar-refractivity contribution in [3.63, 3.8) is 0 Å². The van der Waals surface area contributed by atoms with Crippen molar-refractivity contribution in [2.24, 2.45) is 0 Å². The van der Waals surface area contributed by atoms with E-state index < -0.39 is 42.8 Å². The molecule has 0 unspecified atom stereocenters. The second-order valence-corrected chi connectivity index (χ2v) is 19.4. The van der Waals surface area contributed by atoms with Gasteiger partial charge in [-0.3, -0.25) is 0 Å². The predicted octanol–water partition coefficient (Wildman–Crippen LogP) is 8.84. The Hall–Kier alpha value is -3.46. The van der Waals surface area contributed by atoms with E-state index in [4.69, 9.17) is 29.4 Å². The molecule has 4 aromatic carbocycles. The summed E-state index contributed by atoms with van der Waals surface area (Å²) >= 11 is 7.69. The van der Waals surface area contributed by atoms with E-state index in [0.29, 0.717) is 32.3 Å². The van der Waals surface area contributed by atoms with Gasteiger partial charge in [0.05, 0.1) is 0 Å². The molecule has 4 rings (SSSR count). The van der Waals surface area contributed by atoms with Crippen molar-refractivity contribution in [2.45, 2.75) is 9.88 Å². The fraction of sp³-hybridized carbons (Fsp3) is 0.0625. The minimum atomic E-state index is -4.37. The maximum atomic E-state index is 13.9. The molecule has 0 radical (unpaired) electrons. The van der Waals surface area contributed by atoms with Crippen LogP contribution in [0.1, 0.15) is 22.3 Å². The molecule has 208 valence electrons. The van der Waals surface area contributed by atoms with E-state index in [1.165, 1.54) is 48.6 Å². The van der Waals surface area contributed by atoms with E-state index in [-0.39, 0.29) is 11.1 Å². The van der Waals surface area contributed by atoms with Crippen LogP contribution in [-0.4, -0.2) is 31.1 Å². The zero-order valence-electron chi connectivity index (χ0n) is 22.0. The monoisotopic (exact) mass is 700 g/mol. The van der Waals surface area contributed by atoms with E-state index in [1.54, 1.807) is 70.5 Å². The van der Waals surface area contributed by atoms with E-state index in [1.807, 2.05) is 0 Å². The minimum absolute atomic E-state index is 0.140. The Morgan fingerprint density at radius 2 is 1.00 bits per heavy atom. The average Bonchev–Trinajstić information content (AvgIpc) is 2.91. The molecule has 41 heavy (non-hydrogen) atoms. The van der Waals surface area contributed by atoms with E-state index in [0.717, 1.165) is 0 Å². The molecule has 0 aliphatic carbocycles. The van der Waals surface area contributed by atoms with Gasteiger partial charge in [-0.25, -0.2) is 0 Å². The molecule has 0 saturated carbocycles. The summed E-state index contributed by atoms with van der Waals surface area (Å²) in [6.45, 7) is 0. The number of carbonyl (C=O) groups excluding carboxylic acids is 2. The SMILES string of the molecule is [CH3][Sn]([CH3])([O]C(=O)/C(=C/c1cccc(F)c1)c1ccc(Cl)cc1)[O]C(=O)/C(=C/c1cccc(F)c1)c1ccc(Cl)cc1. The van der Waals surface area contributed by atoms with Gasteiger partial charge in [-0.15, -0.1) is 0 Å². The van der Waals surface area contributed by atoms with Crippen LogP contribution in [0.2, 0.25) is 19.9 Å². The van der Waals surface area contributed by atoms with E-state index in [2.05, 4.69) is 0 Å². The van der Waals surface area contributed by atoms with Crippen LogP contribution < -0.4 is 0 Å². The Balaban J connectivity index is 1.64. The summed E-state index contributed by atoms with van der Waals surface area (Å²) in [5, 5.41) is 0.945. The predicted molar refractivity (Wildman–Crippen MR) is 161 cm³/mol. The van der Waals surface area contributed by atoms with Crippen LogP contribution in [0.15, 0.2) is 97.1 Å². The zero-order chi connectivity index (χ0) is 29.6. The number of carbonyl (C=O) groups is 2. The van der Waals surface area contributed by atoms with Gasteiger partial charge in [-0.1, -0.05) is 0 Å². The van der Waals surface area contributed by atoms with Crippen molar-refractivity contribution in [3.8, 4) is 0 Å². The van der Waals surface area contributed by atoms with Crippen LogP contribution in [0.4, 0.5) is 8.78 Å². The fourth-order valence-electron chi connectivity index (χ4n) is 3.88. The van der Waals surface area contributed by atoms with Crippen molar-refractivity contribution in [2.75, 3.05) is 0 Å². The van der Waals surface area contributed by atoms with Gasteiger partial charge in [-0.05, 0) is 0 Å². The van der Waals surface area contributed by atoms with Crippen molar-refractivity contribution in [1.29, 1.82) is 0 Å². The molecule has 0 bridgehead atoms. The van der Waals surface area contributed by atoms with Crippen molar-refractivity contribution < 1.29 is 24.5 Å². The first-order valence-corrected chi connectivity index (χ1v) is 21.2. The van der Waals surface area contributed by atoms with Gasteiger partial charge in [-0.2, -0.15) is 0 Å². The van der Waals surface area contributed by atoms with E-state index in [9.17, 15) is 18.4 Å². The summed E-state index contributed by atoms with van der Waals surface area (Å²) in [6.07, 6.45) is 3.00. The average molecular weight is 700 g/mol. The van der Waals surface area contributed by atoms with Gasteiger partial charge in [0.2, 0.25) is 0 Å². The number of benzene rings is 4. The van der Waals surface area contributed by atoms with E-state index >= 15 is 0 Å². The number of rotatable bonds is 8. The molecule has 0 saturated heterocycles. The summed E-state index contributed by atoms with van der Waals surface area (Å²) in [6, 6.07) is 24.6. The Morgan fingerprint density at radius 3 is 1.34 bits per heavy atom. The van der Waals surface area contributed by atoms with Crippen LogP contribution in [0.5, 0.6) is 0 Å². The first-order chi connectivity index (χ1) is 19.5. The first kappa shape index (κ1) is 30.5. The third-order valence-electron chi connectivity index (χ3n) is 5.75. The summed E-state index contributed by atoms with van der Waals surface area (Å²) in [5.41, 5.74) is 2.15. The molecule has 0 N–H and O–H groups in total. The van der Waals surface area contributed by atoms with Crippen LogP contribution in [-0.2, 0) is 15.7 Å². The molecular formula is C32H24Cl2F2O4Sn. The molecule has 0 amide bonds. The quantitative estimate of drug-likeness (QED) is 0.105. The molecule has 4 nitrogen and oxygen atoms in total. The van der Waals surface area contributed by atoms with Gasteiger partial charge in [0.25, 0.3) is 0 Å². The Bertz CT molecular complexity index is 1510. The molecular weight excluding hydrogens is 676 g/mol. The zero-order valence-corrected chi connectivity index (χ0v) is 26.4. The topological polar surface area (TPSA) is 52.6 Å². The van der Waals surface area contributed by atoms with Crippen LogP contribution in [0.25, 0.3) is 23.3 Å². The molecule has 0 aliphatic rings. The third-order valence-corrected chi connectivity index (χ3v) is 10.1. The normalized spacial score (nSPS) is 12.1. The number of hydrogen-bond acceptors (Lipinski definition) is 4. The number of hydrogen-bond donors (Lipinski definition) is 0. The van der Waals surface area contributed by atoms with Crippen molar-refractivity contribution >= 4 is 77.6 Å². The molecule has 0 heterocycles. The Kier molecular flexibility index (Phi) is 10.0. The maximum absolute atomic E-state index is 13.9. The summed E-state index contributed by atoms with van der Waals surface area (Å²) in [4.78, 5) is 30.2. The van der Waals surface area contributed by atoms with Crippen LogP contribution in [0.3, 0.4) is 0 Å². The summed E-state index contributed by atoms with van der Waals surface area (Å²) < 4.78 is 39.4. The van der Waals surface area contributed by atoms with Gasteiger partial charge >= 0.3 is 253 Å². The van der Waals surface area contributed by atoms with Crippen LogP contribution in [0, 0.1) is 11.6 Å². The molecule has 0 spiro atoms. The molecule has 4 aromatic rings. The summed E-state index contributed by atoms with van der Waals surface area (Å²) in [7, 11) is 0. The van der Waals surface area contributed by atoms with Gasteiger partial charge in [0.15, 0.2) is 0 Å². The van der Waals surface area contributed by atoms with Gasteiger partial charge < -0.3 is 0 Å². The second-order valence-electron chi connectivity index (χ2n) is 9.42. The third kappa shape index (κ3) is 8.76. The molecule has 0 aromatic heterocycles. The van der Waals surface area contributed by atoms with Crippen LogP contribution >= 0.6 is 23.2 Å². The molecule has 0 atom stereocenters. The van der Waals surface area contributed by atoms with Crippen molar-refractivity contribution in [3.05, 3.63) is 141 Å². The van der Waals surface area contributed by atoms with Crippen molar-refractivity contribution in [1.82, 2.24) is 0 Å². The standard InChI is InChI=1S/2C15H10ClFO2.2CH3.Sn/c2*16-12-6-4-11(5-7-12)14(15(18)19)9-10-2-1-3-13(17)8-10;;;/h2*1-9H,(H,18,19);2*1H3;/q;;;;+2/p-2/b2*14-9+;;;. The summed E-state index contributed by atoms with van der Waals surface area (Å²) in [5.74, 6) is -2.38. The Labute approximate surface area is 251 Å². The molecule has 9 heteroatoms. The van der Waals surface area contributed by atoms with Gasteiger partial charge in [0, 0.05) is 0 Å². The number of halogens is 4. The second kappa shape index (κ2) is 13.5. The molecule has 0 aliphatic heterocycles. The molecule has 0 fully saturated rings. The fourth-order valence-corrected chi connectivity index (χ4v) is 7.43. The Morgan fingerprint density at radius 1 is 0.634 bits per heavy atom. The van der Waals surface area contributed by atoms with Gasteiger partial charge in [0.1, 0.15) is 0 Å².